The molecule has 1 aliphatic rings. The Kier molecular flexibility index (Phi) is 3.56. The number of amides is 1. The van der Waals surface area contributed by atoms with Crippen LogP contribution in [0.2, 0.25) is 0 Å². The van der Waals surface area contributed by atoms with Crippen LogP contribution in [0.25, 0.3) is 0 Å². The Hall–Kier alpha value is -1.65. The second-order valence-corrected chi connectivity index (χ2v) is 4.36. The van der Waals surface area contributed by atoms with E-state index in [1.165, 1.54) is 0 Å². The number of H-pyrrole nitrogens is 1. The second-order valence-electron chi connectivity index (χ2n) is 4.36. The first-order valence-electron chi connectivity index (χ1n) is 6.08. The summed E-state index contributed by atoms with van der Waals surface area (Å²) in [6.45, 7) is 6.95. The Morgan fingerprint density at radius 1 is 1.65 bits per heavy atom. The van der Waals surface area contributed by atoms with E-state index in [2.05, 4.69) is 21.8 Å². The highest BCUT2D eigenvalue weighted by Gasteiger charge is 2.28. The SMILES string of the molecule is C=CCN(CCC)C(=O)c1n[nH]c(C2CC2)n1. The molecular formula is C12H18N4O. The molecule has 1 aromatic heterocycles. The Morgan fingerprint density at radius 3 is 3.00 bits per heavy atom. The molecule has 0 aliphatic heterocycles. The summed E-state index contributed by atoms with van der Waals surface area (Å²) in [4.78, 5) is 18.1. The number of carbonyl (C=O) groups is 1. The first-order chi connectivity index (χ1) is 8.26. The van der Waals surface area contributed by atoms with Crippen molar-refractivity contribution in [3.8, 4) is 0 Å². The van der Waals surface area contributed by atoms with Gasteiger partial charge < -0.3 is 4.90 Å². The van der Waals surface area contributed by atoms with Crippen LogP contribution in [0.15, 0.2) is 12.7 Å². The molecule has 0 aromatic carbocycles. The molecular weight excluding hydrogens is 216 g/mol. The molecule has 1 heterocycles. The number of nitrogens with one attached hydrogen (secondary N) is 1. The quantitative estimate of drug-likeness (QED) is 0.762. The van der Waals surface area contributed by atoms with E-state index in [0.717, 1.165) is 25.1 Å². The van der Waals surface area contributed by atoms with E-state index in [4.69, 9.17) is 0 Å². The predicted molar refractivity (Wildman–Crippen MR) is 64.7 cm³/mol. The van der Waals surface area contributed by atoms with Gasteiger partial charge in [-0.05, 0) is 19.3 Å². The minimum atomic E-state index is -0.116. The van der Waals surface area contributed by atoms with Gasteiger partial charge in [0.15, 0.2) is 0 Å². The van der Waals surface area contributed by atoms with Gasteiger partial charge >= 0.3 is 0 Å². The molecule has 5 nitrogen and oxygen atoms in total. The number of carbonyl (C=O) groups excluding carboxylic acids is 1. The molecule has 1 amide bonds. The zero-order chi connectivity index (χ0) is 12.3. The summed E-state index contributed by atoms with van der Waals surface area (Å²) in [6.07, 6.45) is 4.93. The third-order valence-corrected chi connectivity index (χ3v) is 2.79. The second kappa shape index (κ2) is 5.12. The van der Waals surface area contributed by atoms with Crippen LogP contribution in [-0.2, 0) is 0 Å². The third kappa shape index (κ3) is 2.72. The van der Waals surface area contributed by atoms with Crippen molar-refractivity contribution in [3.05, 3.63) is 24.3 Å². The van der Waals surface area contributed by atoms with Crippen LogP contribution in [-0.4, -0.2) is 39.1 Å². The van der Waals surface area contributed by atoms with Crippen molar-refractivity contribution in [2.75, 3.05) is 13.1 Å². The standard InChI is InChI=1S/C12H18N4O/c1-3-7-16(8-4-2)12(17)11-13-10(14-15-11)9-5-6-9/h3,9H,1,4-8H2,2H3,(H,13,14,15). The van der Waals surface area contributed by atoms with E-state index in [1.54, 1.807) is 11.0 Å². The molecule has 0 spiro atoms. The largest absolute Gasteiger partial charge is 0.332 e. The number of hydrogen-bond donors (Lipinski definition) is 1. The van der Waals surface area contributed by atoms with Crippen molar-refractivity contribution in [2.24, 2.45) is 0 Å². The maximum Gasteiger partial charge on any atom is 0.293 e. The van der Waals surface area contributed by atoms with Gasteiger partial charge in [-0.3, -0.25) is 9.89 Å². The maximum absolute atomic E-state index is 12.1. The minimum Gasteiger partial charge on any atom is -0.332 e. The summed E-state index contributed by atoms with van der Waals surface area (Å²) in [5, 5.41) is 6.85. The summed E-state index contributed by atoms with van der Waals surface area (Å²) in [7, 11) is 0. The fourth-order valence-corrected chi connectivity index (χ4v) is 1.75. The monoisotopic (exact) mass is 234 g/mol. The van der Waals surface area contributed by atoms with Crippen molar-refractivity contribution in [3.63, 3.8) is 0 Å². The number of hydrogen-bond acceptors (Lipinski definition) is 3. The first kappa shape index (κ1) is 11.8. The molecule has 1 N–H and O–H groups in total. The highest BCUT2D eigenvalue weighted by Crippen LogP contribution is 2.37. The van der Waals surface area contributed by atoms with Gasteiger partial charge in [0.1, 0.15) is 5.82 Å². The lowest BCUT2D eigenvalue weighted by Gasteiger charge is -2.18. The van der Waals surface area contributed by atoms with Gasteiger partial charge in [0.05, 0.1) is 0 Å². The van der Waals surface area contributed by atoms with E-state index < -0.39 is 0 Å². The lowest BCUT2D eigenvalue weighted by atomic mass is 10.3. The molecule has 0 radical (unpaired) electrons. The van der Waals surface area contributed by atoms with Crippen LogP contribution < -0.4 is 0 Å². The van der Waals surface area contributed by atoms with Crippen molar-refractivity contribution in [1.82, 2.24) is 20.1 Å². The number of aromatic nitrogens is 3. The van der Waals surface area contributed by atoms with Gasteiger partial charge in [0.25, 0.3) is 5.91 Å². The van der Waals surface area contributed by atoms with E-state index in [-0.39, 0.29) is 11.7 Å². The highest BCUT2D eigenvalue weighted by atomic mass is 16.2. The van der Waals surface area contributed by atoms with Crippen LogP contribution in [0.5, 0.6) is 0 Å². The first-order valence-corrected chi connectivity index (χ1v) is 6.08. The molecule has 5 heteroatoms. The van der Waals surface area contributed by atoms with Crippen molar-refractivity contribution < 1.29 is 4.79 Å². The maximum atomic E-state index is 12.1. The van der Waals surface area contributed by atoms with Gasteiger partial charge in [0, 0.05) is 19.0 Å². The molecule has 1 aliphatic carbocycles. The van der Waals surface area contributed by atoms with Gasteiger partial charge in [0.2, 0.25) is 5.82 Å². The molecule has 0 atom stereocenters. The molecule has 92 valence electrons. The number of rotatable bonds is 6. The molecule has 0 unspecified atom stereocenters. The Morgan fingerprint density at radius 2 is 2.41 bits per heavy atom. The normalized spacial score (nSPS) is 14.6. The molecule has 1 fully saturated rings. The summed E-state index contributed by atoms with van der Waals surface area (Å²) < 4.78 is 0. The molecule has 2 rings (SSSR count). The van der Waals surface area contributed by atoms with E-state index in [1.807, 2.05) is 6.92 Å². The summed E-state index contributed by atoms with van der Waals surface area (Å²) in [5.41, 5.74) is 0. The van der Waals surface area contributed by atoms with Crippen LogP contribution in [0, 0.1) is 0 Å². The lowest BCUT2D eigenvalue weighted by molar-refractivity contribution is 0.0762. The highest BCUT2D eigenvalue weighted by molar-refractivity contribution is 5.90. The third-order valence-electron chi connectivity index (χ3n) is 2.79. The molecule has 17 heavy (non-hydrogen) atoms. The van der Waals surface area contributed by atoms with Crippen molar-refractivity contribution in [2.45, 2.75) is 32.1 Å². The van der Waals surface area contributed by atoms with Gasteiger partial charge in [-0.15, -0.1) is 11.7 Å². The Labute approximate surface area is 101 Å². The van der Waals surface area contributed by atoms with Gasteiger partial charge in [-0.1, -0.05) is 13.0 Å². The van der Waals surface area contributed by atoms with Crippen LogP contribution >= 0.6 is 0 Å². The van der Waals surface area contributed by atoms with Crippen molar-refractivity contribution in [1.29, 1.82) is 0 Å². The zero-order valence-electron chi connectivity index (χ0n) is 10.1. The average Bonchev–Trinajstić information content (AvgIpc) is 3.06. The zero-order valence-corrected chi connectivity index (χ0v) is 10.1. The Balaban J connectivity index is 2.06. The molecule has 0 saturated heterocycles. The summed E-state index contributed by atoms with van der Waals surface area (Å²) in [5.74, 6) is 1.50. The van der Waals surface area contributed by atoms with E-state index in [0.29, 0.717) is 19.0 Å². The van der Waals surface area contributed by atoms with Gasteiger partial charge in [-0.2, -0.15) is 0 Å². The summed E-state index contributed by atoms with van der Waals surface area (Å²) in [6, 6.07) is 0. The fourth-order valence-electron chi connectivity index (χ4n) is 1.75. The Bertz CT molecular complexity index is 408. The molecule has 1 saturated carbocycles. The number of aromatic amines is 1. The molecule has 0 bridgehead atoms. The van der Waals surface area contributed by atoms with E-state index in [9.17, 15) is 4.79 Å². The van der Waals surface area contributed by atoms with Crippen LogP contribution in [0.1, 0.15) is 48.5 Å². The predicted octanol–water partition coefficient (Wildman–Crippen LogP) is 1.72. The van der Waals surface area contributed by atoms with E-state index >= 15 is 0 Å². The minimum absolute atomic E-state index is 0.116. The molecule has 1 aromatic rings. The lowest BCUT2D eigenvalue weighted by Crippen LogP contribution is -2.32. The number of nitrogens with zero attached hydrogens (tertiary/aromatic N) is 3. The smallest absolute Gasteiger partial charge is 0.293 e. The van der Waals surface area contributed by atoms with Gasteiger partial charge in [-0.25, -0.2) is 4.98 Å². The van der Waals surface area contributed by atoms with Crippen molar-refractivity contribution >= 4 is 5.91 Å². The topological polar surface area (TPSA) is 61.9 Å². The average molecular weight is 234 g/mol. The fraction of sp³-hybridized carbons (Fsp3) is 0.583. The van der Waals surface area contributed by atoms with Crippen LogP contribution in [0.3, 0.4) is 0 Å². The summed E-state index contributed by atoms with van der Waals surface area (Å²) >= 11 is 0. The van der Waals surface area contributed by atoms with Crippen LogP contribution in [0.4, 0.5) is 0 Å².